The van der Waals surface area contributed by atoms with Crippen molar-refractivity contribution in [1.82, 2.24) is 19.8 Å². The highest BCUT2D eigenvalue weighted by Crippen LogP contribution is 2.34. The Hall–Kier alpha value is -4.47. The number of nitrogens with zero attached hydrogens (tertiary/aromatic N) is 4. The van der Waals surface area contributed by atoms with E-state index in [9.17, 15) is 22.8 Å². The molecule has 9 nitrogen and oxygen atoms in total. The summed E-state index contributed by atoms with van der Waals surface area (Å²) in [5.74, 6) is 6.66. The van der Waals surface area contributed by atoms with Gasteiger partial charge in [-0.1, -0.05) is 17.9 Å². The number of benzene rings is 1. The zero-order valence-electron chi connectivity index (χ0n) is 23.0. The van der Waals surface area contributed by atoms with Crippen molar-refractivity contribution in [3.63, 3.8) is 0 Å². The average Bonchev–Trinajstić information content (AvgIpc) is 3.81. The molecule has 0 spiro atoms. The molecule has 3 aromatic rings. The van der Waals surface area contributed by atoms with Gasteiger partial charge in [0, 0.05) is 67.8 Å². The summed E-state index contributed by atoms with van der Waals surface area (Å²) < 4.78 is 41.5. The Kier molecular flexibility index (Phi) is 8.70. The Morgan fingerprint density at radius 1 is 0.881 bits per heavy atom. The van der Waals surface area contributed by atoms with Crippen LogP contribution in [-0.2, 0) is 17.5 Å². The van der Waals surface area contributed by atoms with Crippen LogP contribution in [0.4, 0.5) is 35.3 Å². The van der Waals surface area contributed by atoms with Crippen LogP contribution in [0.2, 0.25) is 0 Å². The van der Waals surface area contributed by atoms with Crippen LogP contribution in [0.25, 0.3) is 0 Å². The van der Waals surface area contributed by atoms with E-state index in [0.29, 0.717) is 30.0 Å². The third-order valence-corrected chi connectivity index (χ3v) is 6.98. The largest absolute Gasteiger partial charge is 0.416 e. The molecule has 3 amide bonds. The third-order valence-electron chi connectivity index (χ3n) is 6.98. The van der Waals surface area contributed by atoms with Gasteiger partial charge in [-0.15, -0.1) is 0 Å². The van der Waals surface area contributed by atoms with Gasteiger partial charge in [0.15, 0.2) is 0 Å². The maximum Gasteiger partial charge on any atom is 0.416 e. The van der Waals surface area contributed by atoms with E-state index in [2.05, 4.69) is 42.7 Å². The normalized spacial score (nSPS) is 15.8. The molecule has 2 aliphatic rings. The van der Waals surface area contributed by atoms with E-state index in [-0.39, 0.29) is 35.4 Å². The fourth-order valence-corrected chi connectivity index (χ4v) is 4.38. The first-order valence-corrected chi connectivity index (χ1v) is 13.6. The molecule has 0 radical (unpaired) electrons. The van der Waals surface area contributed by atoms with Gasteiger partial charge in [0.2, 0.25) is 5.91 Å². The third kappa shape index (κ3) is 8.05. The van der Waals surface area contributed by atoms with E-state index >= 15 is 0 Å². The number of anilines is 3. The smallest absolute Gasteiger partial charge is 0.310 e. The minimum Gasteiger partial charge on any atom is -0.310 e. The molecular weight excluding hydrogens is 547 g/mol. The van der Waals surface area contributed by atoms with Gasteiger partial charge in [0.1, 0.15) is 11.6 Å². The monoisotopic (exact) mass is 577 g/mol. The number of aromatic nitrogens is 2. The highest BCUT2D eigenvalue weighted by atomic mass is 19.4. The first-order valence-electron chi connectivity index (χ1n) is 13.6. The number of piperazine rings is 1. The van der Waals surface area contributed by atoms with Gasteiger partial charge in [-0.3, -0.25) is 15.0 Å². The van der Waals surface area contributed by atoms with E-state index in [1.54, 1.807) is 30.5 Å². The average molecular weight is 578 g/mol. The molecule has 1 aliphatic heterocycles. The summed E-state index contributed by atoms with van der Waals surface area (Å²) >= 11 is 0. The molecule has 1 aliphatic carbocycles. The number of amides is 3. The van der Waals surface area contributed by atoms with Gasteiger partial charge in [-0.2, -0.15) is 13.2 Å². The van der Waals surface area contributed by atoms with Crippen molar-refractivity contribution in [3.05, 3.63) is 77.1 Å². The van der Waals surface area contributed by atoms with Gasteiger partial charge in [-0.05, 0) is 61.9 Å². The van der Waals surface area contributed by atoms with Crippen molar-refractivity contribution in [3.8, 4) is 11.8 Å². The number of hydrogen-bond acceptors (Lipinski definition) is 6. The number of pyridine rings is 2. The fraction of sp³-hybridized carbons (Fsp3) is 0.333. The number of halogens is 3. The number of alkyl halides is 3. The highest BCUT2D eigenvalue weighted by Gasteiger charge is 2.34. The molecule has 218 valence electrons. The van der Waals surface area contributed by atoms with Crippen molar-refractivity contribution >= 4 is 29.3 Å². The van der Waals surface area contributed by atoms with Crippen LogP contribution < -0.4 is 16.0 Å². The Morgan fingerprint density at radius 3 is 2.05 bits per heavy atom. The van der Waals surface area contributed by atoms with Crippen LogP contribution in [-0.4, -0.2) is 64.9 Å². The molecular formula is C30H30F3N7O2. The SMILES string of the molecule is CN1CCN(Cc2ccc(NC(=O)Nc3ccc(C#Cc4ccc(NC(=O)C5CC5)nc4)cn3)cc2C(F)(F)F)CC1. The van der Waals surface area contributed by atoms with E-state index in [1.165, 1.54) is 18.3 Å². The Labute approximate surface area is 241 Å². The molecule has 2 aromatic heterocycles. The van der Waals surface area contributed by atoms with Crippen LogP contribution in [0.15, 0.2) is 54.9 Å². The predicted molar refractivity (Wildman–Crippen MR) is 153 cm³/mol. The summed E-state index contributed by atoms with van der Waals surface area (Å²) in [7, 11) is 1.99. The van der Waals surface area contributed by atoms with Crippen LogP contribution in [0.5, 0.6) is 0 Å². The van der Waals surface area contributed by atoms with Crippen molar-refractivity contribution in [2.45, 2.75) is 25.6 Å². The standard InChI is InChI=1S/C30H30F3N7O2/c1-39-12-14-40(15-13-39)19-23-8-9-24(16-25(23)30(31,32)33)36-29(42)38-27-11-5-21(18-35-27)3-2-20-4-10-26(34-17-20)37-28(41)22-6-7-22/h4-5,8-11,16-18,22H,6-7,12-15,19H2,1H3,(H,34,37,41)(H2,35,36,38,42). The van der Waals surface area contributed by atoms with E-state index < -0.39 is 17.8 Å². The maximum absolute atomic E-state index is 13.8. The van der Waals surface area contributed by atoms with Crippen LogP contribution in [0.1, 0.15) is 35.1 Å². The number of carbonyl (C=O) groups excluding carboxylic acids is 2. The molecule has 1 saturated carbocycles. The summed E-state index contributed by atoms with van der Waals surface area (Å²) in [5, 5.41) is 7.74. The topological polar surface area (TPSA) is 102 Å². The lowest BCUT2D eigenvalue weighted by Crippen LogP contribution is -2.44. The lowest BCUT2D eigenvalue weighted by molar-refractivity contribution is -0.138. The quantitative estimate of drug-likeness (QED) is 0.369. The van der Waals surface area contributed by atoms with Crippen LogP contribution in [0.3, 0.4) is 0 Å². The van der Waals surface area contributed by atoms with E-state index in [1.807, 2.05) is 11.9 Å². The minimum absolute atomic E-state index is 0.0181. The first-order chi connectivity index (χ1) is 20.1. The second kappa shape index (κ2) is 12.6. The van der Waals surface area contributed by atoms with Crippen molar-refractivity contribution in [2.75, 3.05) is 49.2 Å². The molecule has 2 fully saturated rings. The van der Waals surface area contributed by atoms with Crippen molar-refractivity contribution in [2.24, 2.45) is 5.92 Å². The minimum atomic E-state index is -4.56. The molecule has 3 heterocycles. The molecule has 0 bridgehead atoms. The van der Waals surface area contributed by atoms with Crippen molar-refractivity contribution in [1.29, 1.82) is 0 Å². The summed E-state index contributed by atoms with van der Waals surface area (Å²) in [5.41, 5.74) is 0.652. The molecule has 0 atom stereocenters. The van der Waals surface area contributed by atoms with Gasteiger partial charge < -0.3 is 15.5 Å². The number of carbonyl (C=O) groups is 2. The van der Waals surface area contributed by atoms with Crippen LogP contribution >= 0.6 is 0 Å². The predicted octanol–water partition coefficient (Wildman–Crippen LogP) is 4.64. The number of urea groups is 1. The number of likely N-dealkylation sites (N-methyl/N-ethyl adjacent to an activating group) is 1. The van der Waals surface area contributed by atoms with Gasteiger partial charge >= 0.3 is 12.2 Å². The Morgan fingerprint density at radius 2 is 1.50 bits per heavy atom. The lowest BCUT2D eigenvalue weighted by atomic mass is 10.0. The Bertz CT molecular complexity index is 1490. The molecule has 3 N–H and O–H groups in total. The second-order valence-electron chi connectivity index (χ2n) is 10.4. The van der Waals surface area contributed by atoms with E-state index in [0.717, 1.165) is 32.0 Å². The Balaban J connectivity index is 1.16. The fourth-order valence-electron chi connectivity index (χ4n) is 4.38. The molecule has 1 saturated heterocycles. The molecule has 42 heavy (non-hydrogen) atoms. The van der Waals surface area contributed by atoms with E-state index in [4.69, 9.17) is 0 Å². The van der Waals surface area contributed by atoms with Gasteiger partial charge in [0.25, 0.3) is 0 Å². The zero-order valence-corrected chi connectivity index (χ0v) is 23.0. The molecule has 0 unspecified atom stereocenters. The summed E-state index contributed by atoms with van der Waals surface area (Å²) in [4.78, 5) is 36.8. The number of rotatable bonds is 6. The summed E-state index contributed by atoms with van der Waals surface area (Å²) in [6, 6.07) is 9.75. The highest BCUT2D eigenvalue weighted by molar-refractivity contribution is 5.99. The number of hydrogen-bond donors (Lipinski definition) is 3. The molecule has 1 aromatic carbocycles. The maximum atomic E-state index is 13.8. The molecule has 12 heteroatoms. The number of nitrogens with one attached hydrogen (secondary N) is 3. The van der Waals surface area contributed by atoms with Crippen molar-refractivity contribution < 1.29 is 22.8 Å². The van der Waals surface area contributed by atoms with Gasteiger partial charge in [0.05, 0.1) is 5.56 Å². The summed E-state index contributed by atoms with van der Waals surface area (Å²) in [6.45, 7) is 3.18. The second-order valence-corrected chi connectivity index (χ2v) is 10.4. The first kappa shape index (κ1) is 29.0. The molecule has 5 rings (SSSR count). The zero-order chi connectivity index (χ0) is 29.7. The summed E-state index contributed by atoms with van der Waals surface area (Å²) in [6.07, 6.45) is 0.299. The van der Waals surface area contributed by atoms with Gasteiger partial charge in [-0.25, -0.2) is 14.8 Å². The lowest BCUT2D eigenvalue weighted by Gasteiger charge is -2.33. The van der Waals surface area contributed by atoms with Crippen LogP contribution in [0, 0.1) is 17.8 Å².